The number of carbonyl (C=O) groups excluding carboxylic acids is 1. The SMILES string of the molecule is O=C(c1scc2c1CCCC2)N1CC[C@@H]2OCc3cnnn3[C@H]2C1. The van der Waals surface area contributed by atoms with Gasteiger partial charge in [0.05, 0.1) is 35.5 Å². The molecule has 0 spiro atoms. The van der Waals surface area contributed by atoms with E-state index < -0.39 is 0 Å². The number of thiophene rings is 1. The van der Waals surface area contributed by atoms with Gasteiger partial charge in [0.2, 0.25) is 0 Å². The van der Waals surface area contributed by atoms with Gasteiger partial charge in [-0.2, -0.15) is 0 Å². The summed E-state index contributed by atoms with van der Waals surface area (Å²) >= 11 is 1.63. The van der Waals surface area contributed by atoms with Crippen molar-refractivity contribution in [3.05, 3.63) is 33.3 Å². The smallest absolute Gasteiger partial charge is 0.264 e. The minimum Gasteiger partial charge on any atom is -0.370 e. The van der Waals surface area contributed by atoms with Gasteiger partial charge in [-0.1, -0.05) is 5.21 Å². The van der Waals surface area contributed by atoms with Gasteiger partial charge in [0, 0.05) is 13.1 Å². The van der Waals surface area contributed by atoms with Crippen LogP contribution < -0.4 is 0 Å². The summed E-state index contributed by atoms with van der Waals surface area (Å²) in [7, 11) is 0. The van der Waals surface area contributed by atoms with Gasteiger partial charge in [0.1, 0.15) is 0 Å². The molecule has 7 heteroatoms. The number of rotatable bonds is 1. The highest BCUT2D eigenvalue weighted by molar-refractivity contribution is 7.12. The number of hydrogen-bond acceptors (Lipinski definition) is 5. The second-order valence-corrected chi connectivity index (χ2v) is 7.78. The van der Waals surface area contributed by atoms with Gasteiger partial charge in [-0.05, 0) is 48.6 Å². The van der Waals surface area contributed by atoms with Crippen LogP contribution in [0.25, 0.3) is 0 Å². The minimum atomic E-state index is 0.0877. The predicted molar refractivity (Wildman–Crippen MR) is 89.1 cm³/mol. The van der Waals surface area contributed by atoms with Gasteiger partial charge < -0.3 is 9.64 Å². The summed E-state index contributed by atoms with van der Waals surface area (Å²) in [5, 5.41) is 10.4. The highest BCUT2D eigenvalue weighted by atomic mass is 32.1. The van der Waals surface area contributed by atoms with Crippen LogP contribution in [0.5, 0.6) is 0 Å². The lowest BCUT2D eigenvalue weighted by Crippen LogP contribution is -2.49. The number of likely N-dealkylation sites (tertiary alicyclic amines) is 1. The van der Waals surface area contributed by atoms with Gasteiger partial charge in [0.25, 0.3) is 5.91 Å². The van der Waals surface area contributed by atoms with E-state index in [1.54, 1.807) is 17.5 Å². The molecule has 1 aliphatic carbocycles. The molecule has 3 aliphatic rings. The number of nitrogens with zero attached hydrogens (tertiary/aromatic N) is 4. The van der Waals surface area contributed by atoms with Crippen LogP contribution in [0.15, 0.2) is 11.6 Å². The maximum Gasteiger partial charge on any atom is 0.264 e. The molecule has 0 unspecified atom stereocenters. The summed E-state index contributed by atoms with van der Waals surface area (Å²) in [6.07, 6.45) is 7.38. The van der Waals surface area contributed by atoms with Crippen LogP contribution in [0.4, 0.5) is 0 Å². The number of aryl methyl sites for hydroxylation is 1. The normalized spacial score (nSPS) is 25.8. The topological polar surface area (TPSA) is 60.3 Å². The number of hydrogen-bond donors (Lipinski definition) is 0. The number of ether oxygens (including phenoxy) is 1. The van der Waals surface area contributed by atoms with E-state index in [1.165, 1.54) is 24.0 Å². The maximum absolute atomic E-state index is 13.1. The van der Waals surface area contributed by atoms with Gasteiger partial charge in [-0.3, -0.25) is 4.79 Å². The van der Waals surface area contributed by atoms with Crippen molar-refractivity contribution in [3.8, 4) is 0 Å². The van der Waals surface area contributed by atoms with Gasteiger partial charge in [-0.25, -0.2) is 4.68 Å². The van der Waals surface area contributed by atoms with Crippen molar-refractivity contribution in [2.75, 3.05) is 13.1 Å². The Balaban J connectivity index is 1.41. The van der Waals surface area contributed by atoms with Gasteiger partial charge in [-0.15, -0.1) is 16.4 Å². The van der Waals surface area contributed by atoms with Crippen LogP contribution in [-0.4, -0.2) is 45.0 Å². The van der Waals surface area contributed by atoms with Gasteiger partial charge >= 0.3 is 0 Å². The fourth-order valence-corrected chi connectivity index (χ4v) is 5.33. The van der Waals surface area contributed by atoms with Crippen molar-refractivity contribution in [2.24, 2.45) is 0 Å². The first-order valence-corrected chi connectivity index (χ1v) is 9.58. The maximum atomic E-state index is 13.1. The lowest BCUT2D eigenvalue weighted by molar-refractivity contribution is -0.0604. The second kappa shape index (κ2) is 5.67. The molecule has 24 heavy (non-hydrogen) atoms. The Morgan fingerprint density at radius 1 is 1.33 bits per heavy atom. The number of piperidine rings is 1. The highest BCUT2D eigenvalue weighted by Crippen LogP contribution is 2.34. The van der Waals surface area contributed by atoms with Crippen molar-refractivity contribution < 1.29 is 9.53 Å². The number of carbonyl (C=O) groups is 1. The summed E-state index contributed by atoms with van der Waals surface area (Å²) in [6, 6.07) is 0.0877. The first-order chi connectivity index (χ1) is 11.8. The summed E-state index contributed by atoms with van der Waals surface area (Å²) in [6.45, 7) is 1.99. The quantitative estimate of drug-likeness (QED) is 0.796. The molecule has 2 aromatic rings. The Kier molecular flexibility index (Phi) is 3.45. The molecule has 2 atom stereocenters. The molecule has 1 fully saturated rings. The first kappa shape index (κ1) is 14.6. The van der Waals surface area contributed by atoms with E-state index in [9.17, 15) is 4.79 Å². The fourth-order valence-electron chi connectivity index (χ4n) is 4.21. The Bertz CT molecular complexity index is 783. The molecule has 2 aliphatic heterocycles. The largest absolute Gasteiger partial charge is 0.370 e. The summed E-state index contributed by atoms with van der Waals surface area (Å²) in [5.74, 6) is 0.189. The molecule has 0 saturated carbocycles. The average molecular weight is 344 g/mol. The first-order valence-electron chi connectivity index (χ1n) is 8.70. The minimum absolute atomic E-state index is 0.0877. The third-order valence-electron chi connectivity index (χ3n) is 5.51. The molecule has 1 saturated heterocycles. The molecule has 1 amide bonds. The van der Waals surface area contributed by atoms with E-state index >= 15 is 0 Å². The second-order valence-electron chi connectivity index (χ2n) is 6.90. The summed E-state index contributed by atoms with van der Waals surface area (Å²) < 4.78 is 7.90. The van der Waals surface area contributed by atoms with E-state index in [0.717, 1.165) is 36.4 Å². The average Bonchev–Trinajstić information content (AvgIpc) is 3.27. The van der Waals surface area contributed by atoms with E-state index in [-0.39, 0.29) is 18.1 Å². The molecular formula is C17H20N4O2S. The molecule has 5 rings (SSSR count). The van der Waals surface area contributed by atoms with Crippen molar-refractivity contribution in [1.82, 2.24) is 19.9 Å². The van der Waals surface area contributed by atoms with Crippen LogP contribution >= 0.6 is 11.3 Å². The fraction of sp³-hybridized carbons (Fsp3) is 0.588. The summed E-state index contributed by atoms with van der Waals surface area (Å²) in [5.41, 5.74) is 3.70. The van der Waals surface area contributed by atoms with Crippen molar-refractivity contribution in [3.63, 3.8) is 0 Å². The molecule has 0 aromatic carbocycles. The Labute approximate surface area is 144 Å². The highest BCUT2D eigenvalue weighted by Gasteiger charge is 2.38. The third-order valence-corrected chi connectivity index (χ3v) is 6.57. The molecular weight excluding hydrogens is 324 g/mol. The monoisotopic (exact) mass is 344 g/mol. The van der Waals surface area contributed by atoms with Crippen molar-refractivity contribution in [2.45, 2.75) is 50.9 Å². The molecule has 4 heterocycles. The molecule has 0 N–H and O–H groups in total. The number of amides is 1. The Morgan fingerprint density at radius 2 is 2.25 bits per heavy atom. The molecule has 126 valence electrons. The molecule has 0 radical (unpaired) electrons. The van der Waals surface area contributed by atoms with E-state index in [4.69, 9.17) is 4.74 Å². The Morgan fingerprint density at radius 3 is 3.21 bits per heavy atom. The third kappa shape index (κ3) is 2.22. The predicted octanol–water partition coefficient (Wildman–Crippen LogP) is 2.20. The zero-order chi connectivity index (χ0) is 16.1. The van der Waals surface area contributed by atoms with E-state index in [1.807, 2.05) is 9.58 Å². The Hall–Kier alpha value is -1.73. The summed E-state index contributed by atoms with van der Waals surface area (Å²) in [4.78, 5) is 16.1. The number of fused-ring (bicyclic) bond motifs is 4. The standard InChI is InChI=1S/C17H20N4O2S/c22-17(16-13-4-2-1-3-11(13)10-24-16)20-6-5-15-14(8-20)21-12(9-23-15)7-18-19-21/h7,10,14-15H,1-6,8-9H2/t14-,15-/m0/s1. The van der Waals surface area contributed by atoms with Crippen LogP contribution in [0.2, 0.25) is 0 Å². The van der Waals surface area contributed by atoms with Crippen LogP contribution in [0.1, 0.15) is 51.8 Å². The van der Waals surface area contributed by atoms with Crippen molar-refractivity contribution in [1.29, 1.82) is 0 Å². The van der Waals surface area contributed by atoms with Crippen LogP contribution in [0.3, 0.4) is 0 Å². The number of aromatic nitrogens is 3. The van der Waals surface area contributed by atoms with E-state index in [0.29, 0.717) is 13.2 Å². The molecule has 0 bridgehead atoms. The van der Waals surface area contributed by atoms with Gasteiger partial charge in [0.15, 0.2) is 0 Å². The van der Waals surface area contributed by atoms with Crippen LogP contribution in [-0.2, 0) is 24.2 Å². The van der Waals surface area contributed by atoms with Crippen molar-refractivity contribution >= 4 is 17.2 Å². The lowest BCUT2D eigenvalue weighted by atomic mass is 9.93. The molecule has 6 nitrogen and oxygen atoms in total. The molecule has 2 aromatic heterocycles. The zero-order valence-corrected chi connectivity index (χ0v) is 14.3. The van der Waals surface area contributed by atoms with Crippen LogP contribution in [0, 0.1) is 0 Å². The van der Waals surface area contributed by atoms with E-state index in [2.05, 4.69) is 15.7 Å². The zero-order valence-electron chi connectivity index (χ0n) is 13.5. The lowest BCUT2D eigenvalue weighted by Gasteiger charge is -2.41.